The lowest BCUT2D eigenvalue weighted by atomic mass is 10.1. The van der Waals surface area contributed by atoms with Crippen LogP contribution in [0.4, 0.5) is 0 Å². The molecule has 1 aromatic rings. The number of aryl methyl sites for hydroxylation is 1. The molecule has 5 nitrogen and oxygen atoms in total. The average Bonchev–Trinajstić information content (AvgIpc) is 2.27. The van der Waals surface area contributed by atoms with Crippen LogP contribution in [-0.2, 0) is 0 Å². The SMILES string of the molecule is Cc1cc(Br)cc(C(=O)NCC/C(N)=N/O)c1. The van der Waals surface area contributed by atoms with Gasteiger partial charge in [0.05, 0.1) is 0 Å². The summed E-state index contributed by atoms with van der Waals surface area (Å²) in [6.45, 7) is 2.25. The number of amides is 1. The number of benzene rings is 1. The van der Waals surface area contributed by atoms with Gasteiger partial charge in [-0.15, -0.1) is 0 Å². The van der Waals surface area contributed by atoms with Crippen LogP contribution in [0.3, 0.4) is 0 Å². The van der Waals surface area contributed by atoms with Gasteiger partial charge in [0.25, 0.3) is 5.91 Å². The lowest BCUT2D eigenvalue weighted by molar-refractivity contribution is 0.0954. The third-order valence-electron chi connectivity index (χ3n) is 2.10. The van der Waals surface area contributed by atoms with E-state index in [-0.39, 0.29) is 11.7 Å². The minimum absolute atomic E-state index is 0.0933. The van der Waals surface area contributed by atoms with Crippen LogP contribution >= 0.6 is 15.9 Å². The van der Waals surface area contributed by atoms with Gasteiger partial charge in [-0.25, -0.2) is 0 Å². The van der Waals surface area contributed by atoms with Crippen molar-refractivity contribution in [2.75, 3.05) is 6.54 Å². The van der Waals surface area contributed by atoms with Crippen LogP contribution in [0.15, 0.2) is 27.8 Å². The highest BCUT2D eigenvalue weighted by Crippen LogP contribution is 2.15. The van der Waals surface area contributed by atoms with Crippen LogP contribution in [0, 0.1) is 6.92 Å². The van der Waals surface area contributed by atoms with Crippen molar-refractivity contribution in [3.05, 3.63) is 33.8 Å². The second kappa shape index (κ2) is 6.24. The number of rotatable bonds is 4. The molecule has 0 spiro atoms. The largest absolute Gasteiger partial charge is 0.409 e. The first-order valence-electron chi connectivity index (χ1n) is 5.04. The Kier molecular flexibility index (Phi) is 4.96. The van der Waals surface area contributed by atoms with Crippen LogP contribution < -0.4 is 11.1 Å². The van der Waals surface area contributed by atoms with E-state index in [1.165, 1.54) is 0 Å². The number of hydrogen-bond donors (Lipinski definition) is 3. The van der Waals surface area contributed by atoms with E-state index in [0.717, 1.165) is 10.0 Å². The Hall–Kier alpha value is -1.56. The van der Waals surface area contributed by atoms with E-state index < -0.39 is 0 Å². The lowest BCUT2D eigenvalue weighted by Crippen LogP contribution is -2.28. The molecule has 92 valence electrons. The Bertz CT molecular complexity index is 426. The Morgan fingerprint density at radius 1 is 1.53 bits per heavy atom. The molecule has 0 aliphatic heterocycles. The number of amidine groups is 1. The number of hydrogen-bond acceptors (Lipinski definition) is 3. The van der Waals surface area contributed by atoms with E-state index in [4.69, 9.17) is 10.9 Å². The molecular weight excluding hydrogens is 286 g/mol. The highest BCUT2D eigenvalue weighted by atomic mass is 79.9. The molecular formula is C11H14BrN3O2. The van der Waals surface area contributed by atoms with Crippen molar-refractivity contribution in [1.82, 2.24) is 5.32 Å². The van der Waals surface area contributed by atoms with E-state index in [9.17, 15) is 4.79 Å². The number of halogens is 1. The summed E-state index contributed by atoms with van der Waals surface area (Å²) < 4.78 is 0.860. The quantitative estimate of drug-likeness (QED) is 0.342. The molecule has 0 saturated carbocycles. The summed E-state index contributed by atoms with van der Waals surface area (Å²) in [5, 5.41) is 13.8. The van der Waals surface area contributed by atoms with E-state index in [2.05, 4.69) is 26.4 Å². The molecule has 0 aromatic heterocycles. The topological polar surface area (TPSA) is 87.7 Å². The van der Waals surface area contributed by atoms with Gasteiger partial charge < -0.3 is 16.3 Å². The number of nitrogens with one attached hydrogen (secondary N) is 1. The first kappa shape index (κ1) is 13.5. The monoisotopic (exact) mass is 299 g/mol. The van der Waals surface area contributed by atoms with Gasteiger partial charge in [0.15, 0.2) is 0 Å². The summed E-state index contributed by atoms with van der Waals surface area (Å²) in [5.41, 5.74) is 6.87. The minimum Gasteiger partial charge on any atom is -0.409 e. The maximum Gasteiger partial charge on any atom is 0.251 e. The van der Waals surface area contributed by atoms with Gasteiger partial charge in [-0.05, 0) is 30.7 Å². The number of oxime groups is 1. The number of carbonyl (C=O) groups excluding carboxylic acids is 1. The second-order valence-corrected chi connectivity index (χ2v) is 4.53. The fourth-order valence-electron chi connectivity index (χ4n) is 1.32. The Morgan fingerprint density at radius 2 is 2.24 bits per heavy atom. The molecule has 0 aliphatic rings. The average molecular weight is 300 g/mol. The summed E-state index contributed by atoms with van der Waals surface area (Å²) >= 11 is 3.33. The Balaban J connectivity index is 2.58. The van der Waals surface area contributed by atoms with Crippen LogP contribution in [0.2, 0.25) is 0 Å². The molecule has 1 rings (SSSR count). The standard InChI is InChI=1S/C11H14BrN3O2/c1-7-4-8(6-9(12)5-7)11(16)14-3-2-10(13)15-17/h4-6,17H,2-3H2,1H3,(H2,13,15)(H,14,16). The van der Waals surface area contributed by atoms with Gasteiger partial charge >= 0.3 is 0 Å². The molecule has 0 bridgehead atoms. The van der Waals surface area contributed by atoms with Crippen molar-refractivity contribution in [3.63, 3.8) is 0 Å². The van der Waals surface area contributed by atoms with Crippen molar-refractivity contribution in [3.8, 4) is 0 Å². The Labute approximate surface area is 108 Å². The van der Waals surface area contributed by atoms with Gasteiger partial charge in [0.1, 0.15) is 5.84 Å². The van der Waals surface area contributed by atoms with E-state index >= 15 is 0 Å². The smallest absolute Gasteiger partial charge is 0.251 e. The fourth-order valence-corrected chi connectivity index (χ4v) is 1.93. The van der Waals surface area contributed by atoms with Crippen molar-refractivity contribution < 1.29 is 10.0 Å². The first-order valence-corrected chi connectivity index (χ1v) is 5.84. The molecule has 0 fully saturated rings. The fraction of sp³-hybridized carbons (Fsp3) is 0.273. The maximum absolute atomic E-state index is 11.7. The molecule has 6 heteroatoms. The van der Waals surface area contributed by atoms with E-state index in [1.54, 1.807) is 12.1 Å². The first-order chi connectivity index (χ1) is 8.02. The summed E-state index contributed by atoms with van der Waals surface area (Å²) in [7, 11) is 0. The van der Waals surface area contributed by atoms with Gasteiger partial charge in [0, 0.05) is 23.0 Å². The minimum atomic E-state index is -0.180. The molecule has 1 aromatic carbocycles. The maximum atomic E-state index is 11.7. The van der Waals surface area contributed by atoms with Gasteiger partial charge in [0.2, 0.25) is 0 Å². The van der Waals surface area contributed by atoms with Crippen LogP contribution in [0.5, 0.6) is 0 Å². The molecule has 0 heterocycles. The van der Waals surface area contributed by atoms with Gasteiger partial charge in [-0.2, -0.15) is 0 Å². The number of nitrogens with zero attached hydrogens (tertiary/aromatic N) is 1. The summed E-state index contributed by atoms with van der Waals surface area (Å²) in [6, 6.07) is 5.46. The third kappa shape index (κ3) is 4.44. The molecule has 0 saturated heterocycles. The predicted octanol–water partition coefficient (Wildman–Crippen LogP) is 1.62. The van der Waals surface area contributed by atoms with E-state index in [0.29, 0.717) is 18.5 Å². The molecule has 1 amide bonds. The summed E-state index contributed by atoms with van der Waals surface area (Å²) in [4.78, 5) is 11.7. The zero-order valence-corrected chi connectivity index (χ0v) is 11.0. The van der Waals surface area contributed by atoms with Crippen LogP contribution in [-0.4, -0.2) is 23.5 Å². The highest BCUT2D eigenvalue weighted by molar-refractivity contribution is 9.10. The predicted molar refractivity (Wildman–Crippen MR) is 69.2 cm³/mol. The highest BCUT2D eigenvalue weighted by Gasteiger charge is 2.06. The van der Waals surface area contributed by atoms with Crippen molar-refractivity contribution in [1.29, 1.82) is 0 Å². The molecule has 0 unspecified atom stereocenters. The molecule has 17 heavy (non-hydrogen) atoms. The van der Waals surface area contributed by atoms with Crippen molar-refractivity contribution in [2.24, 2.45) is 10.9 Å². The lowest BCUT2D eigenvalue weighted by Gasteiger charge is -2.06. The molecule has 0 aliphatic carbocycles. The number of nitrogens with two attached hydrogens (primary N) is 1. The van der Waals surface area contributed by atoms with Crippen LogP contribution in [0.25, 0.3) is 0 Å². The normalized spacial score (nSPS) is 11.3. The van der Waals surface area contributed by atoms with Crippen LogP contribution in [0.1, 0.15) is 22.3 Å². The molecule has 0 radical (unpaired) electrons. The van der Waals surface area contributed by atoms with Gasteiger partial charge in [-0.1, -0.05) is 21.1 Å². The summed E-state index contributed by atoms with van der Waals surface area (Å²) in [6.07, 6.45) is 0.315. The Morgan fingerprint density at radius 3 is 2.82 bits per heavy atom. The van der Waals surface area contributed by atoms with Gasteiger partial charge in [-0.3, -0.25) is 4.79 Å². The van der Waals surface area contributed by atoms with Crippen molar-refractivity contribution in [2.45, 2.75) is 13.3 Å². The zero-order chi connectivity index (χ0) is 12.8. The zero-order valence-electron chi connectivity index (χ0n) is 9.40. The van der Waals surface area contributed by atoms with E-state index in [1.807, 2.05) is 13.0 Å². The second-order valence-electron chi connectivity index (χ2n) is 3.61. The molecule has 4 N–H and O–H groups in total. The molecule has 0 atom stereocenters. The summed E-state index contributed by atoms with van der Waals surface area (Å²) in [5.74, 6) is -0.0872. The third-order valence-corrected chi connectivity index (χ3v) is 2.56. The van der Waals surface area contributed by atoms with Crippen molar-refractivity contribution >= 4 is 27.7 Å². The number of carbonyl (C=O) groups is 1.